The molecule has 2 aromatic carbocycles. The standard InChI is InChI=1S/C18H17N5O2S/c1-25-16-9-5-4-8-15(16)23-18(19-20-21-23)26-12-17(24)22-11-10-13-6-2-3-7-14(13)22/h2-9H,10-12H2,1H3. The topological polar surface area (TPSA) is 73.1 Å². The zero-order valence-electron chi connectivity index (χ0n) is 14.2. The number of ether oxygens (including phenoxy) is 1. The van der Waals surface area contributed by atoms with E-state index in [4.69, 9.17) is 4.74 Å². The van der Waals surface area contributed by atoms with Gasteiger partial charge in [0, 0.05) is 12.2 Å². The molecule has 0 bridgehead atoms. The van der Waals surface area contributed by atoms with Crippen LogP contribution in [0.4, 0.5) is 5.69 Å². The average molecular weight is 367 g/mol. The number of methoxy groups -OCH3 is 1. The number of carbonyl (C=O) groups is 1. The van der Waals surface area contributed by atoms with E-state index in [0.717, 1.165) is 24.3 Å². The normalized spacial score (nSPS) is 12.9. The van der Waals surface area contributed by atoms with Crippen LogP contribution in [0.5, 0.6) is 5.75 Å². The minimum absolute atomic E-state index is 0.0505. The summed E-state index contributed by atoms with van der Waals surface area (Å²) in [6, 6.07) is 15.5. The quantitative estimate of drug-likeness (QED) is 0.645. The Morgan fingerprint density at radius 2 is 1.92 bits per heavy atom. The molecular formula is C18H17N5O2S. The van der Waals surface area contributed by atoms with Crippen molar-refractivity contribution in [1.82, 2.24) is 20.2 Å². The van der Waals surface area contributed by atoms with Crippen LogP contribution >= 0.6 is 11.8 Å². The molecule has 1 aliphatic heterocycles. The lowest BCUT2D eigenvalue weighted by Crippen LogP contribution is -2.30. The fourth-order valence-corrected chi connectivity index (χ4v) is 3.79. The van der Waals surface area contributed by atoms with Gasteiger partial charge in [-0.3, -0.25) is 4.79 Å². The lowest BCUT2D eigenvalue weighted by molar-refractivity contribution is -0.116. The molecule has 1 amide bonds. The zero-order chi connectivity index (χ0) is 17.9. The number of aromatic nitrogens is 4. The van der Waals surface area contributed by atoms with E-state index in [-0.39, 0.29) is 11.7 Å². The van der Waals surface area contributed by atoms with Gasteiger partial charge in [0.25, 0.3) is 0 Å². The van der Waals surface area contributed by atoms with E-state index >= 15 is 0 Å². The molecule has 26 heavy (non-hydrogen) atoms. The van der Waals surface area contributed by atoms with Crippen molar-refractivity contribution in [2.45, 2.75) is 11.6 Å². The van der Waals surface area contributed by atoms with Crippen molar-refractivity contribution in [3.8, 4) is 11.4 Å². The summed E-state index contributed by atoms with van der Waals surface area (Å²) >= 11 is 1.32. The van der Waals surface area contributed by atoms with Gasteiger partial charge in [0.2, 0.25) is 11.1 Å². The largest absolute Gasteiger partial charge is 0.494 e. The van der Waals surface area contributed by atoms with E-state index in [2.05, 4.69) is 21.6 Å². The monoisotopic (exact) mass is 367 g/mol. The van der Waals surface area contributed by atoms with Crippen molar-refractivity contribution in [3.63, 3.8) is 0 Å². The molecule has 4 rings (SSSR count). The lowest BCUT2D eigenvalue weighted by atomic mass is 10.2. The van der Waals surface area contributed by atoms with Crippen LogP contribution in [0.1, 0.15) is 5.56 Å². The molecule has 0 N–H and O–H groups in total. The molecule has 0 atom stereocenters. The molecule has 0 saturated carbocycles. The Morgan fingerprint density at radius 1 is 1.15 bits per heavy atom. The van der Waals surface area contributed by atoms with Crippen molar-refractivity contribution in [2.24, 2.45) is 0 Å². The van der Waals surface area contributed by atoms with Gasteiger partial charge < -0.3 is 9.64 Å². The highest BCUT2D eigenvalue weighted by molar-refractivity contribution is 7.99. The molecule has 0 radical (unpaired) electrons. The number of hydrogen-bond acceptors (Lipinski definition) is 6. The molecule has 3 aromatic rings. The maximum absolute atomic E-state index is 12.7. The molecule has 0 fully saturated rings. The smallest absolute Gasteiger partial charge is 0.237 e. The second-order valence-electron chi connectivity index (χ2n) is 5.76. The van der Waals surface area contributed by atoms with Gasteiger partial charge in [-0.25, -0.2) is 0 Å². The third kappa shape index (κ3) is 3.03. The third-order valence-corrected chi connectivity index (χ3v) is 5.17. The van der Waals surface area contributed by atoms with Crippen LogP contribution in [0, 0.1) is 0 Å². The Bertz CT molecular complexity index is 943. The van der Waals surface area contributed by atoms with Crippen LogP contribution in [0.15, 0.2) is 53.7 Å². The first kappa shape index (κ1) is 16.6. The van der Waals surface area contributed by atoms with Crippen molar-refractivity contribution >= 4 is 23.4 Å². The molecule has 7 nitrogen and oxygen atoms in total. The number of fused-ring (bicyclic) bond motifs is 1. The number of anilines is 1. The predicted octanol–water partition coefficient (Wildman–Crippen LogP) is 2.35. The Hall–Kier alpha value is -2.87. The number of amides is 1. The summed E-state index contributed by atoms with van der Waals surface area (Å²) in [6.45, 7) is 0.718. The third-order valence-electron chi connectivity index (χ3n) is 4.27. The summed E-state index contributed by atoms with van der Waals surface area (Å²) in [4.78, 5) is 14.5. The highest BCUT2D eigenvalue weighted by Gasteiger charge is 2.24. The van der Waals surface area contributed by atoms with Crippen LogP contribution in [0.25, 0.3) is 5.69 Å². The van der Waals surface area contributed by atoms with Crippen molar-refractivity contribution in [2.75, 3.05) is 24.3 Å². The van der Waals surface area contributed by atoms with E-state index in [1.165, 1.54) is 17.3 Å². The first-order valence-corrected chi connectivity index (χ1v) is 9.19. The molecule has 2 heterocycles. The number of para-hydroxylation sites is 3. The van der Waals surface area contributed by atoms with Gasteiger partial charge in [-0.05, 0) is 40.6 Å². The fourth-order valence-electron chi connectivity index (χ4n) is 3.03. The van der Waals surface area contributed by atoms with Crippen LogP contribution in [-0.2, 0) is 11.2 Å². The summed E-state index contributed by atoms with van der Waals surface area (Å²) in [6.07, 6.45) is 0.894. The summed E-state index contributed by atoms with van der Waals surface area (Å²) < 4.78 is 6.96. The molecule has 8 heteroatoms. The average Bonchev–Trinajstić information content (AvgIpc) is 3.33. The number of nitrogens with zero attached hydrogens (tertiary/aromatic N) is 5. The Morgan fingerprint density at radius 3 is 2.77 bits per heavy atom. The van der Waals surface area contributed by atoms with Crippen molar-refractivity contribution in [1.29, 1.82) is 0 Å². The molecule has 0 saturated heterocycles. The van der Waals surface area contributed by atoms with Gasteiger partial charge >= 0.3 is 0 Å². The summed E-state index contributed by atoms with van der Waals surface area (Å²) in [5.74, 6) is 0.986. The molecule has 1 aliphatic rings. The number of carbonyl (C=O) groups excluding carboxylic acids is 1. The van der Waals surface area contributed by atoms with Crippen molar-refractivity contribution < 1.29 is 9.53 Å². The molecule has 1 aromatic heterocycles. The van der Waals surface area contributed by atoms with Gasteiger partial charge in [0.15, 0.2) is 0 Å². The Labute approximate surface area is 155 Å². The van der Waals surface area contributed by atoms with Gasteiger partial charge in [0.1, 0.15) is 11.4 Å². The van der Waals surface area contributed by atoms with Crippen LogP contribution in [0.3, 0.4) is 0 Å². The molecule has 132 valence electrons. The van der Waals surface area contributed by atoms with E-state index in [1.54, 1.807) is 11.8 Å². The second kappa shape index (κ2) is 7.17. The number of rotatable bonds is 5. The summed E-state index contributed by atoms with van der Waals surface area (Å²) in [7, 11) is 1.60. The van der Waals surface area contributed by atoms with Crippen LogP contribution in [-0.4, -0.2) is 45.5 Å². The summed E-state index contributed by atoms with van der Waals surface area (Å²) in [5, 5.41) is 12.4. The number of thioether (sulfide) groups is 1. The zero-order valence-corrected chi connectivity index (χ0v) is 15.0. The van der Waals surface area contributed by atoms with E-state index in [1.807, 2.05) is 47.4 Å². The van der Waals surface area contributed by atoms with E-state index in [9.17, 15) is 4.79 Å². The molecule has 0 unspecified atom stereocenters. The number of benzene rings is 2. The maximum atomic E-state index is 12.7. The Balaban J connectivity index is 1.50. The highest BCUT2D eigenvalue weighted by atomic mass is 32.2. The molecular weight excluding hydrogens is 350 g/mol. The van der Waals surface area contributed by atoms with E-state index < -0.39 is 0 Å². The first-order chi connectivity index (χ1) is 12.8. The van der Waals surface area contributed by atoms with Gasteiger partial charge in [-0.1, -0.05) is 42.1 Å². The van der Waals surface area contributed by atoms with Gasteiger partial charge in [-0.15, -0.1) is 5.10 Å². The minimum atomic E-state index is 0.0505. The summed E-state index contributed by atoms with van der Waals surface area (Å²) in [5.41, 5.74) is 2.95. The van der Waals surface area contributed by atoms with Crippen LogP contribution < -0.4 is 9.64 Å². The van der Waals surface area contributed by atoms with Crippen LogP contribution in [0.2, 0.25) is 0 Å². The van der Waals surface area contributed by atoms with Gasteiger partial charge in [-0.2, -0.15) is 4.68 Å². The fraction of sp³-hybridized carbons (Fsp3) is 0.222. The van der Waals surface area contributed by atoms with Gasteiger partial charge in [0.05, 0.1) is 12.9 Å². The SMILES string of the molecule is COc1ccccc1-n1nnnc1SCC(=O)N1CCc2ccccc21. The number of hydrogen-bond donors (Lipinski definition) is 0. The van der Waals surface area contributed by atoms with Crippen molar-refractivity contribution in [3.05, 3.63) is 54.1 Å². The second-order valence-corrected chi connectivity index (χ2v) is 6.70. The van der Waals surface area contributed by atoms with E-state index in [0.29, 0.717) is 10.9 Å². The predicted molar refractivity (Wildman–Crippen MR) is 98.9 cm³/mol. The lowest BCUT2D eigenvalue weighted by Gasteiger charge is -2.16. The highest BCUT2D eigenvalue weighted by Crippen LogP contribution is 2.29. The minimum Gasteiger partial charge on any atom is -0.494 e. The molecule has 0 spiro atoms. The Kier molecular flexibility index (Phi) is 4.57. The first-order valence-electron chi connectivity index (χ1n) is 8.21. The number of tetrazole rings is 1. The molecule has 0 aliphatic carbocycles. The maximum Gasteiger partial charge on any atom is 0.237 e.